The molecule has 0 aromatic heterocycles. The molecule has 1 heteroatoms. The maximum atomic E-state index is 5.25. The maximum Gasteiger partial charge on any atom is 0.0810 e. The molecule has 1 rings (SSSR count). The summed E-state index contributed by atoms with van der Waals surface area (Å²) in [6.07, 6.45) is 10.2. The van der Waals surface area contributed by atoms with Crippen LogP contribution < -0.4 is 0 Å². The van der Waals surface area contributed by atoms with Gasteiger partial charge in [-0.1, -0.05) is 46.5 Å². The van der Waals surface area contributed by atoms with Gasteiger partial charge in [0.2, 0.25) is 0 Å². The molecule has 1 unspecified atom stereocenters. The summed E-state index contributed by atoms with van der Waals surface area (Å²) in [7, 11) is 0. The Balaban J connectivity index is 1.99. The second-order valence-corrected chi connectivity index (χ2v) is 5.47. The van der Waals surface area contributed by atoms with Crippen molar-refractivity contribution in [2.24, 2.45) is 5.41 Å². The minimum atomic E-state index is 0.541. The summed E-state index contributed by atoms with van der Waals surface area (Å²) in [5.74, 6) is 0. The Morgan fingerprint density at radius 3 is 2.43 bits per heavy atom. The number of hydrogen-bond donors (Lipinski definition) is 0. The molecule has 1 fully saturated rings. The van der Waals surface area contributed by atoms with Crippen molar-refractivity contribution < 1.29 is 4.74 Å². The highest BCUT2D eigenvalue weighted by atomic mass is 16.6. The Bertz CT molecular complexity index is 147. The molecule has 1 nitrogen and oxygen atoms in total. The third-order valence-corrected chi connectivity index (χ3v) is 3.25. The molecule has 0 N–H and O–H groups in total. The third-order valence-electron chi connectivity index (χ3n) is 3.25. The van der Waals surface area contributed by atoms with Crippen LogP contribution in [-0.4, -0.2) is 12.7 Å². The molecule has 0 aliphatic carbocycles. The first-order valence-corrected chi connectivity index (χ1v) is 6.26. The van der Waals surface area contributed by atoms with E-state index in [1.807, 2.05) is 0 Å². The van der Waals surface area contributed by atoms with Crippen molar-refractivity contribution in [2.45, 2.75) is 71.8 Å². The molecular weight excluding hydrogens is 172 g/mol. The standard InChI is InChI=1S/C13H26O/c1-4-5-6-7-9-13(2,3)10-8-12-11-14-12/h12H,4-11H2,1-3H3. The summed E-state index contributed by atoms with van der Waals surface area (Å²) in [4.78, 5) is 0. The number of epoxide rings is 1. The second kappa shape index (κ2) is 5.75. The lowest BCUT2D eigenvalue weighted by Gasteiger charge is -2.24. The molecule has 1 atom stereocenters. The Labute approximate surface area is 89.2 Å². The SMILES string of the molecule is CCCCCCC(C)(C)CCC1CO1. The van der Waals surface area contributed by atoms with Gasteiger partial charge in [0.05, 0.1) is 12.7 Å². The van der Waals surface area contributed by atoms with Crippen LogP contribution in [0.1, 0.15) is 65.7 Å². The van der Waals surface area contributed by atoms with Crippen LogP contribution in [0, 0.1) is 5.41 Å². The van der Waals surface area contributed by atoms with Crippen molar-refractivity contribution in [3.05, 3.63) is 0 Å². The summed E-state index contributed by atoms with van der Waals surface area (Å²) in [6.45, 7) is 8.10. The largest absolute Gasteiger partial charge is 0.373 e. The highest BCUT2D eigenvalue weighted by Gasteiger charge is 2.26. The summed E-state index contributed by atoms with van der Waals surface area (Å²) >= 11 is 0. The van der Waals surface area contributed by atoms with E-state index in [1.54, 1.807) is 0 Å². The number of ether oxygens (including phenoxy) is 1. The molecule has 0 spiro atoms. The van der Waals surface area contributed by atoms with Crippen LogP contribution in [0.2, 0.25) is 0 Å². The Hall–Kier alpha value is -0.0400. The van der Waals surface area contributed by atoms with Crippen molar-refractivity contribution in [3.8, 4) is 0 Å². The Morgan fingerprint density at radius 1 is 1.14 bits per heavy atom. The highest BCUT2D eigenvalue weighted by molar-refractivity contribution is 4.75. The molecule has 84 valence electrons. The van der Waals surface area contributed by atoms with Gasteiger partial charge in [0.1, 0.15) is 0 Å². The van der Waals surface area contributed by atoms with Crippen LogP contribution in [0.3, 0.4) is 0 Å². The van der Waals surface area contributed by atoms with Gasteiger partial charge in [-0.15, -0.1) is 0 Å². The van der Waals surface area contributed by atoms with Gasteiger partial charge in [-0.05, 0) is 24.7 Å². The Morgan fingerprint density at radius 2 is 1.86 bits per heavy atom. The molecule has 1 aliphatic rings. The van der Waals surface area contributed by atoms with Gasteiger partial charge in [0, 0.05) is 0 Å². The van der Waals surface area contributed by atoms with Crippen LogP contribution in [0.25, 0.3) is 0 Å². The predicted molar refractivity (Wildman–Crippen MR) is 61.5 cm³/mol. The van der Waals surface area contributed by atoms with Crippen molar-refractivity contribution in [2.75, 3.05) is 6.61 Å². The second-order valence-electron chi connectivity index (χ2n) is 5.47. The fourth-order valence-corrected chi connectivity index (χ4v) is 1.94. The number of rotatable bonds is 8. The van der Waals surface area contributed by atoms with Gasteiger partial charge in [-0.3, -0.25) is 0 Å². The quantitative estimate of drug-likeness (QED) is 0.421. The van der Waals surface area contributed by atoms with Gasteiger partial charge in [0.15, 0.2) is 0 Å². The van der Waals surface area contributed by atoms with Gasteiger partial charge >= 0.3 is 0 Å². The average Bonchev–Trinajstić information content (AvgIpc) is 2.93. The van der Waals surface area contributed by atoms with E-state index >= 15 is 0 Å². The maximum absolute atomic E-state index is 5.25. The zero-order chi connectivity index (χ0) is 10.4. The van der Waals surface area contributed by atoms with E-state index in [2.05, 4.69) is 20.8 Å². The first-order valence-electron chi connectivity index (χ1n) is 6.26. The fraction of sp³-hybridized carbons (Fsp3) is 1.00. The van der Waals surface area contributed by atoms with E-state index in [4.69, 9.17) is 4.74 Å². The molecule has 0 amide bonds. The van der Waals surface area contributed by atoms with E-state index < -0.39 is 0 Å². The number of hydrogen-bond acceptors (Lipinski definition) is 1. The number of unbranched alkanes of at least 4 members (excludes halogenated alkanes) is 3. The van der Waals surface area contributed by atoms with Gasteiger partial charge in [-0.2, -0.15) is 0 Å². The van der Waals surface area contributed by atoms with Gasteiger partial charge in [0.25, 0.3) is 0 Å². The molecule has 0 saturated carbocycles. The van der Waals surface area contributed by atoms with Crippen molar-refractivity contribution in [1.29, 1.82) is 0 Å². The van der Waals surface area contributed by atoms with Crippen LogP contribution in [-0.2, 0) is 4.74 Å². The van der Waals surface area contributed by atoms with E-state index in [-0.39, 0.29) is 0 Å². The predicted octanol–water partition coefficient (Wildman–Crippen LogP) is 4.16. The minimum absolute atomic E-state index is 0.541. The smallest absolute Gasteiger partial charge is 0.0810 e. The zero-order valence-electron chi connectivity index (χ0n) is 10.1. The molecule has 1 heterocycles. The lowest BCUT2D eigenvalue weighted by atomic mass is 9.82. The summed E-state index contributed by atoms with van der Waals surface area (Å²) in [5, 5.41) is 0. The fourth-order valence-electron chi connectivity index (χ4n) is 1.94. The van der Waals surface area contributed by atoms with Crippen LogP contribution in [0.5, 0.6) is 0 Å². The molecule has 1 saturated heterocycles. The van der Waals surface area contributed by atoms with Crippen molar-refractivity contribution in [1.82, 2.24) is 0 Å². The monoisotopic (exact) mass is 198 g/mol. The minimum Gasteiger partial charge on any atom is -0.373 e. The zero-order valence-corrected chi connectivity index (χ0v) is 10.1. The molecule has 0 bridgehead atoms. The normalized spacial score (nSPS) is 21.2. The Kier molecular flexibility index (Phi) is 4.94. The molecule has 0 aromatic rings. The van der Waals surface area contributed by atoms with E-state index in [1.165, 1.54) is 44.9 Å². The summed E-state index contributed by atoms with van der Waals surface area (Å²) in [6, 6.07) is 0. The molecular formula is C13H26O. The lowest BCUT2D eigenvalue weighted by molar-refractivity contribution is 0.268. The van der Waals surface area contributed by atoms with E-state index in [0.29, 0.717) is 11.5 Å². The summed E-state index contributed by atoms with van der Waals surface area (Å²) < 4.78 is 5.25. The van der Waals surface area contributed by atoms with Gasteiger partial charge in [-0.25, -0.2) is 0 Å². The van der Waals surface area contributed by atoms with Crippen LogP contribution in [0.4, 0.5) is 0 Å². The van der Waals surface area contributed by atoms with Crippen LogP contribution >= 0.6 is 0 Å². The molecule has 0 aromatic carbocycles. The van der Waals surface area contributed by atoms with Crippen LogP contribution in [0.15, 0.2) is 0 Å². The average molecular weight is 198 g/mol. The third kappa shape index (κ3) is 5.64. The van der Waals surface area contributed by atoms with Crippen molar-refractivity contribution in [3.63, 3.8) is 0 Å². The van der Waals surface area contributed by atoms with Gasteiger partial charge < -0.3 is 4.74 Å². The van der Waals surface area contributed by atoms with E-state index in [0.717, 1.165) is 6.61 Å². The molecule has 1 aliphatic heterocycles. The lowest BCUT2D eigenvalue weighted by Crippen LogP contribution is -2.12. The topological polar surface area (TPSA) is 12.5 Å². The summed E-state index contributed by atoms with van der Waals surface area (Å²) in [5.41, 5.74) is 0.541. The highest BCUT2D eigenvalue weighted by Crippen LogP contribution is 2.32. The molecule has 0 radical (unpaired) electrons. The van der Waals surface area contributed by atoms with E-state index in [9.17, 15) is 0 Å². The first-order chi connectivity index (χ1) is 6.64. The van der Waals surface area contributed by atoms with Crippen molar-refractivity contribution >= 4 is 0 Å². The molecule has 14 heavy (non-hydrogen) atoms. The first kappa shape index (κ1) is 12.0.